The van der Waals surface area contributed by atoms with E-state index in [0.717, 1.165) is 66.7 Å². The Kier molecular flexibility index (Phi) is 8.20. The first kappa shape index (κ1) is 35.3. The molecule has 0 amide bonds. The van der Waals surface area contributed by atoms with Crippen molar-refractivity contribution in [1.29, 1.82) is 0 Å². The van der Waals surface area contributed by atoms with E-state index in [1.165, 1.54) is 6.07 Å². The lowest BCUT2D eigenvalue weighted by molar-refractivity contribution is -0.137. The number of hydrogen-bond donors (Lipinski definition) is 0. The Morgan fingerprint density at radius 2 is 0.817 bits per heavy atom. The Bertz CT molecular complexity index is 3350. The predicted molar refractivity (Wildman–Crippen MR) is 235 cm³/mol. The van der Waals surface area contributed by atoms with Crippen molar-refractivity contribution in [1.82, 2.24) is 24.1 Å². The van der Waals surface area contributed by atoms with Crippen LogP contribution in [0.15, 0.2) is 194 Å². The Balaban J connectivity index is 1.21. The maximum atomic E-state index is 14.4. The van der Waals surface area contributed by atoms with Gasteiger partial charge in [0.2, 0.25) is 0 Å². The molecule has 0 saturated carbocycles. The standard InChI is InChI=1S/C52H32F3N5/c53-52(54,55)37-26-28-42-40-21-11-13-23-45(40)60(48(42)32-37)46-29-25-35(36-24-27-41-39-20-10-12-22-44(39)59(47(41)31-36)38-18-8-3-9-19-38)30-43(46)51-57-49(33-14-4-1-5-15-33)56-50(58-51)34-16-6-2-7-17-34/h1-32H. The van der Waals surface area contributed by atoms with Crippen molar-refractivity contribution in [2.45, 2.75) is 6.18 Å². The molecule has 8 aromatic carbocycles. The minimum atomic E-state index is -4.54. The van der Waals surface area contributed by atoms with E-state index in [1.807, 2.05) is 120 Å². The first-order chi connectivity index (χ1) is 29.4. The quantitative estimate of drug-likeness (QED) is 0.169. The van der Waals surface area contributed by atoms with Gasteiger partial charge in [0, 0.05) is 43.9 Å². The molecule has 0 atom stereocenters. The highest BCUT2D eigenvalue weighted by Crippen LogP contribution is 2.41. The normalized spacial score (nSPS) is 11.9. The Morgan fingerprint density at radius 3 is 1.43 bits per heavy atom. The number of halogens is 3. The fourth-order valence-corrected chi connectivity index (χ4v) is 8.43. The number of nitrogens with zero attached hydrogens (tertiary/aromatic N) is 5. The number of fused-ring (bicyclic) bond motifs is 6. The Morgan fingerprint density at radius 1 is 0.350 bits per heavy atom. The average Bonchev–Trinajstić information content (AvgIpc) is 3.81. The second-order valence-corrected chi connectivity index (χ2v) is 14.8. The maximum absolute atomic E-state index is 14.4. The third kappa shape index (κ3) is 5.91. The summed E-state index contributed by atoms with van der Waals surface area (Å²) in [5.74, 6) is 1.34. The van der Waals surface area contributed by atoms with Crippen molar-refractivity contribution >= 4 is 43.6 Å². The summed E-state index contributed by atoms with van der Waals surface area (Å²) in [4.78, 5) is 15.2. The zero-order valence-corrected chi connectivity index (χ0v) is 31.8. The summed E-state index contributed by atoms with van der Waals surface area (Å²) in [6.45, 7) is 0. The van der Waals surface area contributed by atoms with Crippen LogP contribution in [-0.4, -0.2) is 24.1 Å². The molecule has 3 heterocycles. The van der Waals surface area contributed by atoms with E-state index in [0.29, 0.717) is 39.6 Å². The van der Waals surface area contributed by atoms with Crippen LogP contribution in [0.2, 0.25) is 0 Å². The van der Waals surface area contributed by atoms with E-state index in [9.17, 15) is 13.2 Å². The fourth-order valence-electron chi connectivity index (χ4n) is 8.43. The minimum absolute atomic E-state index is 0.386. The van der Waals surface area contributed by atoms with Crippen LogP contribution in [-0.2, 0) is 6.18 Å². The summed E-state index contributed by atoms with van der Waals surface area (Å²) < 4.78 is 47.3. The molecule has 8 heteroatoms. The van der Waals surface area contributed by atoms with Crippen LogP contribution in [0.5, 0.6) is 0 Å². The van der Waals surface area contributed by atoms with Crippen LogP contribution < -0.4 is 0 Å². The summed E-state index contributed by atoms with van der Waals surface area (Å²) in [5.41, 5.74) is 8.38. The molecule has 3 aromatic heterocycles. The van der Waals surface area contributed by atoms with Crippen LogP contribution in [0.1, 0.15) is 5.56 Å². The van der Waals surface area contributed by atoms with Gasteiger partial charge in [0.1, 0.15) is 0 Å². The number of rotatable bonds is 6. The third-order valence-electron chi connectivity index (χ3n) is 11.2. The van der Waals surface area contributed by atoms with Gasteiger partial charge in [-0.05, 0) is 65.7 Å². The van der Waals surface area contributed by atoms with Crippen molar-refractivity contribution in [3.8, 4) is 56.7 Å². The second kappa shape index (κ2) is 13.9. The van der Waals surface area contributed by atoms with Crippen LogP contribution in [0.25, 0.3) is 100 Å². The van der Waals surface area contributed by atoms with Gasteiger partial charge in [0.25, 0.3) is 0 Å². The molecule has 0 fully saturated rings. The van der Waals surface area contributed by atoms with Crippen molar-refractivity contribution < 1.29 is 13.2 Å². The fraction of sp³-hybridized carbons (Fsp3) is 0.0192. The smallest absolute Gasteiger partial charge is 0.309 e. The molecule has 0 aliphatic heterocycles. The van der Waals surface area contributed by atoms with Crippen LogP contribution in [0.4, 0.5) is 13.2 Å². The SMILES string of the molecule is FC(F)(F)c1ccc2c3ccccc3n(-c3ccc(-c4ccc5c6ccccc6n(-c6ccccc6)c5c4)cc3-c3nc(-c4ccccc4)nc(-c4ccccc4)n3)c2c1. The van der Waals surface area contributed by atoms with Crippen molar-refractivity contribution in [2.75, 3.05) is 0 Å². The number of hydrogen-bond acceptors (Lipinski definition) is 3. The second-order valence-electron chi connectivity index (χ2n) is 14.8. The molecule has 0 bridgehead atoms. The number of benzene rings is 8. The highest BCUT2D eigenvalue weighted by Gasteiger charge is 2.31. The maximum Gasteiger partial charge on any atom is 0.416 e. The summed E-state index contributed by atoms with van der Waals surface area (Å²) in [6.07, 6.45) is -4.54. The molecule has 286 valence electrons. The van der Waals surface area contributed by atoms with Gasteiger partial charge in [-0.25, -0.2) is 15.0 Å². The molecule has 0 saturated heterocycles. The van der Waals surface area contributed by atoms with Gasteiger partial charge in [0.15, 0.2) is 17.5 Å². The molecule has 0 aliphatic rings. The first-order valence-corrected chi connectivity index (χ1v) is 19.6. The summed E-state index contributed by atoms with van der Waals surface area (Å²) in [7, 11) is 0. The van der Waals surface area contributed by atoms with E-state index < -0.39 is 11.7 Å². The molecule has 11 aromatic rings. The monoisotopic (exact) mass is 783 g/mol. The molecular formula is C52H32F3N5. The Hall–Kier alpha value is -7.84. The molecule has 5 nitrogen and oxygen atoms in total. The minimum Gasteiger partial charge on any atom is -0.309 e. The molecule has 0 spiro atoms. The molecular weight excluding hydrogens is 752 g/mol. The number of para-hydroxylation sites is 3. The van der Waals surface area contributed by atoms with E-state index in [1.54, 1.807) is 6.07 Å². The molecule has 11 rings (SSSR count). The van der Waals surface area contributed by atoms with Gasteiger partial charge in [-0.3, -0.25) is 0 Å². The topological polar surface area (TPSA) is 48.5 Å². The van der Waals surface area contributed by atoms with Crippen molar-refractivity contribution in [2.24, 2.45) is 0 Å². The molecule has 0 aliphatic carbocycles. The summed E-state index contributed by atoms with van der Waals surface area (Å²) in [6, 6.07) is 62.4. The number of alkyl halides is 3. The zero-order chi connectivity index (χ0) is 40.4. The highest BCUT2D eigenvalue weighted by molar-refractivity contribution is 6.11. The van der Waals surface area contributed by atoms with Gasteiger partial charge in [-0.15, -0.1) is 0 Å². The van der Waals surface area contributed by atoms with E-state index in [4.69, 9.17) is 15.0 Å². The van der Waals surface area contributed by atoms with Gasteiger partial charge in [-0.1, -0.05) is 140 Å². The van der Waals surface area contributed by atoms with Crippen LogP contribution >= 0.6 is 0 Å². The van der Waals surface area contributed by atoms with E-state index in [-0.39, 0.29) is 0 Å². The Labute approximate surface area is 342 Å². The van der Waals surface area contributed by atoms with E-state index >= 15 is 0 Å². The summed E-state index contributed by atoms with van der Waals surface area (Å²) >= 11 is 0. The average molecular weight is 784 g/mol. The zero-order valence-electron chi connectivity index (χ0n) is 31.8. The lowest BCUT2D eigenvalue weighted by Crippen LogP contribution is -2.06. The van der Waals surface area contributed by atoms with Gasteiger partial charge in [0.05, 0.1) is 33.3 Å². The number of aromatic nitrogens is 5. The lowest BCUT2D eigenvalue weighted by Gasteiger charge is -2.17. The van der Waals surface area contributed by atoms with Crippen LogP contribution in [0, 0.1) is 0 Å². The van der Waals surface area contributed by atoms with Gasteiger partial charge < -0.3 is 9.13 Å². The molecule has 60 heavy (non-hydrogen) atoms. The predicted octanol–water partition coefficient (Wildman–Crippen LogP) is 13.8. The first-order valence-electron chi connectivity index (χ1n) is 19.6. The van der Waals surface area contributed by atoms with Crippen molar-refractivity contribution in [3.63, 3.8) is 0 Å². The third-order valence-corrected chi connectivity index (χ3v) is 11.2. The molecule has 0 radical (unpaired) electrons. The highest BCUT2D eigenvalue weighted by atomic mass is 19.4. The van der Waals surface area contributed by atoms with Gasteiger partial charge in [-0.2, -0.15) is 13.2 Å². The van der Waals surface area contributed by atoms with E-state index in [2.05, 4.69) is 65.2 Å². The summed E-state index contributed by atoms with van der Waals surface area (Å²) in [5, 5.41) is 3.81. The van der Waals surface area contributed by atoms with Gasteiger partial charge >= 0.3 is 6.18 Å². The lowest BCUT2D eigenvalue weighted by atomic mass is 9.99. The van der Waals surface area contributed by atoms with Crippen LogP contribution in [0.3, 0.4) is 0 Å². The molecule has 0 unspecified atom stereocenters. The molecule has 0 N–H and O–H groups in total. The largest absolute Gasteiger partial charge is 0.416 e. The van der Waals surface area contributed by atoms with Crippen molar-refractivity contribution in [3.05, 3.63) is 200 Å².